The van der Waals surface area contributed by atoms with Crippen LogP contribution in [0.25, 0.3) is 21.5 Å². The molecule has 3 aliphatic heterocycles. The predicted molar refractivity (Wildman–Crippen MR) is 221 cm³/mol. The fraction of sp³-hybridized carbons (Fsp3) is 0.176. The zero-order chi connectivity index (χ0) is 31.4. The number of aryl methyl sites for hydroxylation is 2. The van der Waals surface area contributed by atoms with Gasteiger partial charge in [0, 0.05) is 60.7 Å². The lowest BCUT2D eigenvalue weighted by Gasteiger charge is -2.09. The highest BCUT2D eigenvalue weighted by molar-refractivity contribution is 8.77. The maximum atomic E-state index is 4.40. The Morgan fingerprint density at radius 1 is 0.457 bits per heavy atom. The summed E-state index contributed by atoms with van der Waals surface area (Å²) in [5.74, 6) is 0. The van der Waals surface area contributed by atoms with Gasteiger partial charge in [-0.05, 0) is 48.5 Å². The molecule has 0 saturated carbocycles. The molecule has 0 bridgehead atoms. The van der Waals surface area contributed by atoms with E-state index in [9.17, 15) is 0 Å². The molecule has 0 atom stereocenters. The quantitative estimate of drug-likeness (QED) is 0.0541. The highest BCUT2D eigenvalue weighted by Gasteiger charge is 2.24. The van der Waals surface area contributed by atoms with E-state index in [-0.39, 0.29) is 23.4 Å². The second-order valence-corrected chi connectivity index (χ2v) is 16.6. The number of aromatic nitrogens is 2. The van der Waals surface area contributed by atoms with Crippen LogP contribution in [0.5, 0.6) is 0 Å². The molecular weight excluding hydrogens is 721 g/mol. The monoisotopic (exact) mass is 768 g/mol. The van der Waals surface area contributed by atoms with E-state index in [4.69, 9.17) is 0 Å². The molecule has 0 saturated heterocycles. The maximum Gasteiger partial charge on any atom is 1.00 e. The predicted octanol–water partition coefficient (Wildman–Crippen LogP) is 8.31. The van der Waals surface area contributed by atoms with Crippen molar-refractivity contribution in [3.05, 3.63) is 98.1 Å². The van der Waals surface area contributed by atoms with Gasteiger partial charge in [-0.1, -0.05) is 58.0 Å². The van der Waals surface area contributed by atoms with Crippen LogP contribution in [0.4, 0.5) is 0 Å². The molecule has 0 radical (unpaired) electrons. The van der Waals surface area contributed by atoms with Crippen molar-refractivity contribution in [3.63, 3.8) is 0 Å². The first-order chi connectivity index (χ1) is 21.1. The first-order valence-electron chi connectivity index (χ1n) is 13.6. The molecular formula is C34H48N4S8+10. The Morgan fingerprint density at radius 3 is 0.935 bits per heavy atom. The fourth-order valence-corrected chi connectivity index (χ4v) is 10.7. The normalized spacial score (nSPS) is 16.3. The highest BCUT2D eigenvalue weighted by atomic mass is 33.1. The molecule has 2 N–H and O–H groups in total. The van der Waals surface area contributed by atoms with E-state index in [2.05, 4.69) is 114 Å². The average molecular weight is 769 g/mol. The molecule has 4 nitrogen and oxygen atoms in total. The number of nitrogens with one attached hydrogen (secondary N) is 2. The summed E-state index contributed by atoms with van der Waals surface area (Å²) in [7, 11) is 15.8. The van der Waals surface area contributed by atoms with Crippen molar-refractivity contribution in [3.8, 4) is 0 Å². The topological polar surface area (TPSA) is 16.6 Å². The van der Waals surface area contributed by atoms with Crippen LogP contribution in [-0.4, -0.2) is 14.1 Å². The third-order valence-electron chi connectivity index (χ3n) is 6.82. The van der Waals surface area contributed by atoms with E-state index in [0.29, 0.717) is 0 Å². The summed E-state index contributed by atoms with van der Waals surface area (Å²) in [5.41, 5.74) is 0. The lowest BCUT2D eigenvalue weighted by molar-refractivity contribution is -0.829. The van der Waals surface area contributed by atoms with Crippen LogP contribution in [0.2, 0.25) is 0 Å². The first-order valence-corrected chi connectivity index (χ1v) is 19.7. The Bertz CT molecular complexity index is 1670. The molecule has 12 heteroatoms. The highest BCUT2D eigenvalue weighted by Crippen LogP contribution is 2.59. The molecule has 0 unspecified atom stereocenters. The second kappa shape index (κ2) is 17.9. The van der Waals surface area contributed by atoms with Gasteiger partial charge in [-0.3, -0.25) is 9.80 Å². The molecule has 46 heavy (non-hydrogen) atoms. The number of thiol groups is 4. The van der Waals surface area contributed by atoms with Crippen molar-refractivity contribution in [2.24, 2.45) is 14.1 Å². The van der Waals surface area contributed by atoms with Gasteiger partial charge in [0.05, 0.1) is 14.1 Å². The molecule has 5 aromatic rings. The molecule has 4 heterocycles. The summed E-state index contributed by atoms with van der Waals surface area (Å²) in [4.78, 5) is 12.0. The Balaban J connectivity index is -0.000000289. The van der Waals surface area contributed by atoms with Gasteiger partial charge < -0.3 is 0 Å². The summed E-state index contributed by atoms with van der Waals surface area (Å²) >= 11 is 17.6. The molecule has 0 fully saturated rings. The van der Waals surface area contributed by atoms with E-state index >= 15 is 0 Å². The Kier molecular flexibility index (Phi) is 15.2. The average Bonchev–Trinajstić information content (AvgIpc) is 3.64. The molecule has 3 aliphatic rings. The van der Waals surface area contributed by atoms with Gasteiger partial charge in [0.15, 0.2) is 24.8 Å². The van der Waals surface area contributed by atoms with Gasteiger partial charge in [0.1, 0.15) is 14.1 Å². The van der Waals surface area contributed by atoms with Crippen molar-refractivity contribution in [2.45, 2.75) is 54.0 Å². The minimum atomic E-state index is 0. The molecule has 0 spiro atoms. The van der Waals surface area contributed by atoms with Crippen molar-refractivity contribution in [1.29, 1.82) is 0 Å². The van der Waals surface area contributed by atoms with Gasteiger partial charge in [-0.25, -0.2) is 0 Å². The molecule has 4 aromatic carbocycles. The largest absolute Gasteiger partial charge is 1.00 e. The zero-order valence-corrected chi connectivity index (χ0v) is 31.4. The Labute approximate surface area is 320 Å². The van der Waals surface area contributed by atoms with E-state index in [1.165, 1.54) is 40.2 Å². The van der Waals surface area contributed by atoms with Crippen LogP contribution in [0.15, 0.2) is 137 Å². The van der Waals surface area contributed by atoms with Crippen LogP contribution in [0.3, 0.4) is 0 Å². The lowest BCUT2D eigenvalue weighted by Crippen LogP contribution is -3.09. The van der Waals surface area contributed by atoms with Crippen LogP contribution >= 0.6 is 93.7 Å². The molecule has 242 valence electrons. The smallest absolute Gasteiger partial charge is 0.276 e. The number of benzene rings is 4. The summed E-state index contributed by atoms with van der Waals surface area (Å²) in [5, 5.41) is 5.01. The van der Waals surface area contributed by atoms with Crippen molar-refractivity contribution >= 4 is 115 Å². The number of hydrogen-bond donors (Lipinski definition) is 6. The number of quaternary nitrogens is 2. The molecule has 0 amide bonds. The second-order valence-electron chi connectivity index (χ2n) is 10.2. The van der Waals surface area contributed by atoms with E-state index in [1.807, 2.05) is 115 Å². The standard InChI is InChI=1S/C10H4S4.C10H8S4.2C6H10N2.2CH4/c1-2-6-10-8(14-12-6)4-3-7-9(10)5(1)11-13-7;11-5-1-2-6(12)10-8(14)4-3-7(13)9(5)10;2*1-7-3-5-8(2)6-4-7;;/h1-4H;1-4,11-14H;2*3-6H,1-2H3;2*1H4/q;;;+2;;/p+8. The summed E-state index contributed by atoms with van der Waals surface area (Å²) in [6, 6.07) is 16.7. The van der Waals surface area contributed by atoms with Crippen LogP contribution < -0.4 is 18.9 Å². The third kappa shape index (κ3) is 9.43. The first kappa shape index (κ1) is 39.1. The van der Waals surface area contributed by atoms with Gasteiger partial charge in [-0.15, -0.1) is 50.5 Å². The van der Waals surface area contributed by atoms with Gasteiger partial charge in [0.2, 0.25) is 24.8 Å². The number of fused-ring (bicyclic) bond motifs is 1. The fourth-order valence-electron chi connectivity index (χ4n) is 4.41. The summed E-state index contributed by atoms with van der Waals surface area (Å²) in [6.07, 6.45) is 16.5. The van der Waals surface area contributed by atoms with Crippen molar-refractivity contribution in [1.82, 2.24) is 0 Å². The Hall–Kier alpha value is -1.32. The molecule has 8 rings (SSSR count). The number of hydrogen-bond acceptors (Lipinski definition) is 8. The van der Waals surface area contributed by atoms with Crippen molar-refractivity contribution in [2.75, 3.05) is 14.1 Å². The summed E-state index contributed by atoms with van der Waals surface area (Å²) in [6.45, 7) is 0. The van der Waals surface area contributed by atoms with Gasteiger partial charge in [0.25, 0.3) is 0 Å². The maximum absolute atomic E-state index is 4.40. The minimum absolute atomic E-state index is 0. The molecule has 1 aromatic heterocycles. The van der Waals surface area contributed by atoms with Gasteiger partial charge in [-0.2, -0.15) is 9.13 Å². The van der Waals surface area contributed by atoms with E-state index < -0.39 is 0 Å². The van der Waals surface area contributed by atoms with Crippen LogP contribution in [0, 0.1) is 0 Å². The third-order valence-corrected chi connectivity index (χ3v) is 13.2. The Morgan fingerprint density at radius 2 is 0.696 bits per heavy atom. The summed E-state index contributed by atoms with van der Waals surface area (Å²) < 4.78 is 4.00. The van der Waals surface area contributed by atoms with E-state index in [0.717, 1.165) is 30.4 Å². The zero-order valence-electron chi connectivity index (χ0n) is 30.6. The van der Waals surface area contributed by atoms with Crippen LogP contribution in [-0.2, 0) is 14.1 Å². The number of rotatable bonds is 0. The van der Waals surface area contributed by atoms with Crippen LogP contribution in [0.1, 0.15) is 23.4 Å². The lowest BCUT2D eigenvalue weighted by atomic mass is 10.1. The SMILES string of the molecule is C.C.C[NH+]1C=C[NH+](C)C=C1.C[n+]1cc[n+](C)cc1.Sc1ccc(S)c2c(S)ccc(S)c12.[H+].[H+].[H+].[H+].[H+].[H+].c1cc2c3c(ccc4c3c1SS4)SS2. The van der Waals surface area contributed by atoms with Crippen molar-refractivity contribution < 1.29 is 27.5 Å². The molecule has 0 aliphatic carbocycles. The minimum Gasteiger partial charge on any atom is -0.276 e. The van der Waals surface area contributed by atoms with E-state index in [1.54, 1.807) is 0 Å². The number of nitrogens with zero attached hydrogens (tertiary/aromatic N) is 2. The van der Waals surface area contributed by atoms with Gasteiger partial charge >= 0.3 is 8.56 Å².